The summed E-state index contributed by atoms with van der Waals surface area (Å²) in [6.07, 6.45) is 0. The zero-order valence-corrected chi connectivity index (χ0v) is 18.7. The molecule has 0 unspecified atom stereocenters. The highest BCUT2D eigenvalue weighted by molar-refractivity contribution is 6.31. The number of nitrogens with zero attached hydrogens (tertiary/aromatic N) is 2. The van der Waals surface area contributed by atoms with Crippen molar-refractivity contribution >= 4 is 28.5 Å². The Morgan fingerprint density at radius 2 is 1.39 bits per heavy atom. The van der Waals surface area contributed by atoms with E-state index >= 15 is 0 Å². The molecule has 5 heteroatoms. The topological polar surface area (TPSA) is 49.0 Å². The second-order valence-electron chi connectivity index (χ2n) is 7.96. The molecule has 0 radical (unpaired) electrons. The maximum absolute atomic E-state index is 13.5. The van der Waals surface area contributed by atoms with Crippen molar-refractivity contribution in [3.63, 3.8) is 0 Å². The first-order chi connectivity index (χ1) is 16.2. The van der Waals surface area contributed by atoms with E-state index in [1.54, 1.807) is 0 Å². The number of carbonyl (C=O) groups is 1. The van der Waals surface area contributed by atoms with E-state index in [9.17, 15) is 4.79 Å². The number of hydrogen-bond donors (Lipinski definition) is 1. The number of imidazole rings is 1. The van der Waals surface area contributed by atoms with Gasteiger partial charge in [-0.2, -0.15) is 0 Å². The third-order valence-corrected chi connectivity index (χ3v) is 5.80. The number of nitrogens with one attached hydrogen (secondary N) is 1. The Morgan fingerprint density at radius 3 is 2.00 bits per heavy atom. The van der Waals surface area contributed by atoms with Gasteiger partial charge in [-0.15, -0.1) is 0 Å². The minimum atomic E-state index is -0.00866. The largest absolute Gasteiger partial charge is 0.338 e. The molecule has 1 amide bonds. The first-order valence-corrected chi connectivity index (χ1v) is 11.2. The summed E-state index contributed by atoms with van der Waals surface area (Å²) in [6.45, 7) is 1.08. The van der Waals surface area contributed by atoms with Crippen LogP contribution in [0.3, 0.4) is 0 Å². The number of amides is 1. The lowest BCUT2D eigenvalue weighted by molar-refractivity contribution is 0.0730. The lowest BCUT2D eigenvalue weighted by Gasteiger charge is -2.23. The van der Waals surface area contributed by atoms with Gasteiger partial charge in [0.2, 0.25) is 0 Å². The summed E-state index contributed by atoms with van der Waals surface area (Å²) in [6, 6.07) is 33.3. The minimum absolute atomic E-state index is 0.00866. The van der Waals surface area contributed by atoms with Gasteiger partial charge in [0, 0.05) is 29.2 Å². The van der Waals surface area contributed by atoms with Crippen molar-refractivity contribution in [3.8, 4) is 11.4 Å². The zero-order valence-electron chi connectivity index (χ0n) is 17.9. The van der Waals surface area contributed by atoms with Crippen LogP contribution in [0.15, 0.2) is 103 Å². The molecule has 1 aromatic heterocycles. The van der Waals surface area contributed by atoms with Crippen LogP contribution in [0.1, 0.15) is 21.5 Å². The Labute approximate surface area is 197 Å². The second-order valence-corrected chi connectivity index (χ2v) is 8.39. The molecule has 0 saturated heterocycles. The molecule has 0 atom stereocenters. The van der Waals surface area contributed by atoms with Gasteiger partial charge in [-0.1, -0.05) is 84.4 Å². The average molecular weight is 452 g/mol. The van der Waals surface area contributed by atoms with Crippen LogP contribution in [0.4, 0.5) is 0 Å². The second kappa shape index (κ2) is 9.31. The van der Waals surface area contributed by atoms with Gasteiger partial charge in [0.05, 0.1) is 11.0 Å². The maximum atomic E-state index is 13.5. The molecule has 4 aromatic carbocycles. The van der Waals surface area contributed by atoms with Gasteiger partial charge < -0.3 is 9.88 Å². The molecule has 0 fully saturated rings. The molecule has 0 spiro atoms. The van der Waals surface area contributed by atoms with E-state index in [2.05, 4.69) is 9.97 Å². The van der Waals surface area contributed by atoms with Gasteiger partial charge >= 0.3 is 0 Å². The van der Waals surface area contributed by atoms with Crippen molar-refractivity contribution in [3.05, 3.63) is 125 Å². The zero-order chi connectivity index (χ0) is 22.6. The molecule has 5 aromatic rings. The molecule has 0 aliphatic carbocycles. The Hall–Kier alpha value is -3.89. The number of benzene rings is 4. The molecular formula is C28H22ClN3O. The van der Waals surface area contributed by atoms with E-state index in [4.69, 9.17) is 11.6 Å². The van der Waals surface area contributed by atoms with Crippen LogP contribution in [0.25, 0.3) is 22.4 Å². The number of aromatic amines is 1. The van der Waals surface area contributed by atoms with E-state index in [0.717, 1.165) is 33.5 Å². The van der Waals surface area contributed by atoms with E-state index in [1.807, 2.05) is 108 Å². The number of aromatic nitrogens is 2. The Balaban J connectivity index is 1.40. The Kier molecular flexibility index (Phi) is 5.92. The highest BCUT2D eigenvalue weighted by Crippen LogP contribution is 2.24. The molecule has 162 valence electrons. The fourth-order valence-corrected chi connectivity index (χ4v) is 4.05. The molecule has 5 rings (SSSR count). The van der Waals surface area contributed by atoms with E-state index in [0.29, 0.717) is 23.7 Å². The summed E-state index contributed by atoms with van der Waals surface area (Å²) in [5.74, 6) is 0.738. The van der Waals surface area contributed by atoms with Crippen molar-refractivity contribution in [1.82, 2.24) is 14.9 Å². The molecule has 0 aliphatic rings. The van der Waals surface area contributed by atoms with Crippen LogP contribution in [-0.4, -0.2) is 20.8 Å². The number of fused-ring (bicyclic) bond motifs is 1. The van der Waals surface area contributed by atoms with Gasteiger partial charge in [-0.25, -0.2) is 4.98 Å². The molecule has 0 bridgehead atoms. The normalized spacial score (nSPS) is 10.9. The van der Waals surface area contributed by atoms with Crippen LogP contribution < -0.4 is 0 Å². The van der Waals surface area contributed by atoms with Crippen LogP contribution in [0, 0.1) is 0 Å². The fraction of sp³-hybridized carbons (Fsp3) is 0.0714. The molecule has 1 heterocycles. The van der Waals surface area contributed by atoms with Crippen molar-refractivity contribution in [2.45, 2.75) is 13.1 Å². The summed E-state index contributed by atoms with van der Waals surface area (Å²) in [7, 11) is 0. The molecule has 0 saturated carbocycles. The first kappa shape index (κ1) is 21.0. The quantitative estimate of drug-likeness (QED) is 0.311. The number of carbonyl (C=O) groups excluding carboxylic acids is 1. The van der Waals surface area contributed by atoms with Crippen LogP contribution in [-0.2, 0) is 13.1 Å². The predicted molar refractivity (Wildman–Crippen MR) is 133 cm³/mol. The summed E-state index contributed by atoms with van der Waals surface area (Å²) in [5, 5.41) is 0.663. The van der Waals surface area contributed by atoms with Gasteiger partial charge in [-0.05, 0) is 41.5 Å². The predicted octanol–water partition coefficient (Wildman–Crippen LogP) is 6.73. The molecule has 0 aliphatic heterocycles. The van der Waals surface area contributed by atoms with Crippen LogP contribution in [0.5, 0.6) is 0 Å². The third kappa shape index (κ3) is 4.81. The number of hydrogen-bond acceptors (Lipinski definition) is 2. The van der Waals surface area contributed by atoms with Gasteiger partial charge in [0.25, 0.3) is 5.91 Å². The Morgan fingerprint density at radius 1 is 0.788 bits per heavy atom. The van der Waals surface area contributed by atoms with Gasteiger partial charge in [0.15, 0.2) is 0 Å². The maximum Gasteiger partial charge on any atom is 0.254 e. The van der Waals surface area contributed by atoms with Crippen molar-refractivity contribution in [2.75, 3.05) is 0 Å². The monoisotopic (exact) mass is 451 g/mol. The summed E-state index contributed by atoms with van der Waals surface area (Å²) in [5.41, 5.74) is 5.49. The summed E-state index contributed by atoms with van der Waals surface area (Å²) >= 11 is 6.09. The first-order valence-electron chi connectivity index (χ1n) is 10.8. The van der Waals surface area contributed by atoms with Gasteiger partial charge in [0.1, 0.15) is 5.82 Å². The number of halogens is 1. The lowest BCUT2D eigenvalue weighted by atomic mass is 10.1. The van der Waals surface area contributed by atoms with Crippen LogP contribution in [0.2, 0.25) is 5.02 Å². The number of rotatable bonds is 6. The van der Waals surface area contributed by atoms with Crippen LogP contribution >= 0.6 is 11.6 Å². The highest BCUT2D eigenvalue weighted by atomic mass is 35.5. The molecule has 33 heavy (non-hydrogen) atoms. The lowest BCUT2D eigenvalue weighted by Crippen LogP contribution is -2.30. The molecular weight excluding hydrogens is 430 g/mol. The minimum Gasteiger partial charge on any atom is -0.338 e. The van der Waals surface area contributed by atoms with Crippen molar-refractivity contribution in [1.29, 1.82) is 0 Å². The third-order valence-electron chi connectivity index (χ3n) is 5.57. The van der Waals surface area contributed by atoms with E-state index in [-0.39, 0.29) is 5.91 Å². The summed E-state index contributed by atoms with van der Waals surface area (Å²) in [4.78, 5) is 23.3. The van der Waals surface area contributed by atoms with Gasteiger partial charge in [-0.3, -0.25) is 4.79 Å². The van der Waals surface area contributed by atoms with Crippen molar-refractivity contribution < 1.29 is 4.79 Å². The smallest absolute Gasteiger partial charge is 0.254 e. The molecule has 4 nitrogen and oxygen atoms in total. The highest BCUT2D eigenvalue weighted by Gasteiger charge is 2.17. The van der Waals surface area contributed by atoms with E-state index < -0.39 is 0 Å². The molecule has 1 N–H and O–H groups in total. The summed E-state index contributed by atoms with van der Waals surface area (Å²) < 4.78 is 0. The van der Waals surface area contributed by atoms with E-state index in [1.165, 1.54) is 0 Å². The Bertz CT molecular complexity index is 1340. The fourth-order valence-electron chi connectivity index (χ4n) is 3.88. The number of H-pyrrole nitrogens is 1. The standard InChI is InChI=1S/C28H22ClN3O/c29-24-15-16-25-26(17-24)31-27(30-25)22-11-13-23(14-12-22)28(33)32(18-20-7-3-1-4-8-20)19-21-9-5-2-6-10-21/h1-17H,18-19H2,(H,30,31). The SMILES string of the molecule is O=C(c1ccc(-c2nc3ccc(Cl)cc3[nH]2)cc1)N(Cc1ccccc1)Cc1ccccc1. The van der Waals surface area contributed by atoms with Crippen molar-refractivity contribution in [2.24, 2.45) is 0 Å². The average Bonchev–Trinajstić information content (AvgIpc) is 3.28.